The Labute approximate surface area is 89.1 Å². The molecule has 1 rings (SSSR count). The Kier molecular flexibility index (Phi) is 3.61. The molecule has 0 aromatic heterocycles. The molecule has 3 nitrogen and oxygen atoms in total. The second-order valence-electron chi connectivity index (χ2n) is 3.43. The summed E-state index contributed by atoms with van der Waals surface area (Å²) in [6, 6.07) is 3.58. The Morgan fingerprint density at radius 2 is 2.00 bits per heavy atom. The van der Waals surface area contributed by atoms with Crippen molar-refractivity contribution < 1.29 is 14.3 Å². The average molecular weight is 206 g/mol. The normalized spacial score (nSPS) is 9.80. The number of benzene rings is 1. The van der Waals surface area contributed by atoms with Crippen LogP contribution in [0.25, 0.3) is 0 Å². The summed E-state index contributed by atoms with van der Waals surface area (Å²) >= 11 is 0. The van der Waals surface area contributed by atoms with E-state index in [0.29, 0.717) is 11.8 Å². The number of Topliss-reactive ketones (excluding diaryl/α,β-unsaturated/α-hetero) is 1. The quantitative estimate of drug-likeness (QED) is 0.430. The van der Waals surface area contributed by atoms with Crippen LogP contribution in [0.15, 0.2) is 12.1 Å². The number of methoxy groups -OCH3 is 1. The lowest BCUT2D eigenvalue weighted by molar-refractivity contribution is -0.107. The van der Waals surface area contributed by atoms with E-state index in [1.165, 1.54) is 0 Å². The van der Waals surface area contributed by atoms with E-state index in [2.05, 4.69) is 0 Å². The van der Waals surface area contributed by atoms with E-state index in [0.717, 1.165) is 16.9 Å². The first-order valence-corrected chi connectivity index (χ1v) is 4.72. The predicted octanol–water partition coefficient (Wildman–Crippen LogP) is 2.08. The van der Waals surface area contributed by atoms with Gasteiger partial charge in [0, 0.05) is 5.56 Å². The van der Waals surface area contributed by atoms with E-state index in [1.807, 2.05) is 19.9 Å². The van der Waals surface area contributed by atoms with Crippen LogP contribution in [-0.4, -0.2) is 19.2 Å². The van der Waals surface area contributed by atoms with Crippen molar-refractivity contribution in [1.29, 1.82) is 0 Å². The molecule has 80 valence electrons. The molecule has 0 aliphatic carbocycles. The highest BCUT2D eigenvalue weighted by atomic mass is 16.5. The lowest BCUT2D eigenvalue weighted by Crippen LogP contribution is -2.03. The van der Waals surface area contributed by atoms with Gasteiger partial charge in [-0.3, -0.25) is 4.79 Å². The molecular weight excluding hydrogens is 192 g/mol. The van der Waals surface area contributed by atoms with Gasteiger partial charge in [0.1, 0.15) is 12.0 Å². The number of aldehydes is 1. The Hall–Kier alpha value is -1.64. The Balaban J connectivity index is 3.15. The lowest BCUT2D eigenvalue weighted by atomic mass is 10.00. The van der Waals surface area contributed by atoms with Gasteiger partial charge in [0.15, 0.2) is 5.78 Å². The minimum Gasteiger partial charge on any atom is -0.496 e. The molecule has 0 saturated heterocycles. The van der Waals surface area contributed by atoms with E-state index >= 15 is 0 Å². The van der Waals surface area contributed by atoms with Crippen molar-refractivity contribution in [3.63, 3.8) is 0 Å². The summed E-state index contributed by atoms with van der Waals surface area (Å²) < 4.78 is 5.14. The zero-order valence-electron chi connectivity index (χ0n) is 9.16. The average Bonchev–Trinajstić information content (AvgIpc) is 2.21. The van der Waals surface area contributed by atoms with Crippen molar-refractivity contribution in [1.82, 2.24) is 0 Å². The molecule has 0 fully saturated rings. The standard InChI is InChI=1S/C12H14O3/c1-8-7-12(15-3)9(2)6-10(8)11(14)4-5-13/h5-7H,4H2,1-3H3. The van der Waals surface area contributed by atoms with Gasteiger partial charge in [-0.15, -0.1) is 0 Å². The summed E-state index contributed by atoms with van der Waals surface area (Å²) in [4.78, 5) is 21.8. The van der Waals surface area contributed by atoms with Gasteiger partial charge in [0.25, 0.3) is 0 Å². The third-order valence-corrected chi connectivity index (χ3v) is 2.31. The molecule has 0 bridgehead atoms. The molecule has 0 atom stereocenters. The fourth-order valence-corrected chi connectivity index (χ4v) is 1.50. The summed E-state index contributed by atoms with van der Waals surface area (Å²) in [5.41, 5.74) is 2.34. The number of carbonyl (C=O) groups is 2. The first-order chi connectivity index (χ1) is 7.10. The van der Waals surface area contributed by atoms with Crippen LogP contribution in [0.1, 0.15) is 27.9 Å². The second-order valence-corrected chi connectivity index (χ2v) is 3.43. The van der Waals surface area contributed by atoms with E-state index in [-0.39, 0.29) is 12.2 Å². The van der Waals surface area contributed by atoms with Gasteiger partial charge in [-0.25, -0.2) is 0 Å². The minimum atomic E-state index is -0.145. The maximum Gasteiger partial charge on any atom is 0.170 e. The first-order valence-electron chi connectivity index (χ1n) is 4.72. The van der Waals surface area contributed by atoms with Gasteiger partial charge in [0.2, 0.25) is 0 Å². The number of hydrogen-bond acceptors (Lipinski definition) is 3. The summed E-state index contributed by atoms with van der Waals surface area (Å²) in [6.45, 7) is 3.70. The van der Waals surface area contributed by atoms with Crippen LogP contribution in [0, 0.1) is 13.8 Å². The monoisotopic (exact) mass is 206 g/mol. The largest absolute Gasteiger partial charge is 0.496 e. The van der Waals surface area contributed by atoms with Gasteiger partial charge in [0.05, 0.1) is 13.5 Å². The van der Waals surface area contributed by atoms with Gasteiger partial charge in [-0.05, 0) is 37.1 Å². The SMILES string of the molecule is COc1cc(C)c(C(=O)CC=O)cc1C. The molecule has 0 heterocycles. The van der Waals surface area contributed by atoms with Crippen molar-refractivity contribution in [3.8, 4) is 5.75 Å². The van der Waals surface area contributed by atoms with Crippen LogP contribution >= 0.6 is 0 Å². The van der Waals surface area contributed by atoms with Gasteiger partial charge >= 0.3 is 0 Å². The maximum absolute atomic E-state index is 11.5. The number of rotatable bonds is 4. The van der Waals surface area contributed by atoms with Crippen LogP contribution in [0.2, 0.25) is 0 Å². The molecule has 0 amide bonds. The fourth-order valence-electron chi connectivity index (χ4n) is 1.50. The molecule has 1 aromatic carbocycles. The highest BCUT2D eigenvalue weighted by Crippen LogP contribution is 2.23. The Bertz CT molecular complexity index is 394. The fraction of sp³-hybridized carbons (Fsp3) is 0.333. The van der Waals surface area contributed by atoms with Crippen LogP contribution in [0.4, 0.5) is 0 Å². The molecule has 0 aliphatic heterocycles. The Morgan fingerprint density at radius 1 is 1.33 bits per heavy atom. The molecule has 1 aromatic rings. The number of ether oxygens (including phenoxy) is 1. The highest BCUT2D eigenvalue weighted by Gasteiger charge is 2.11. The topological polar surface area (TPSA) is 43.4 Å². The summed E-state index contributed by atoms with van der Waals surface area (Å²) in [5.74, 6) is 0.614. The van der Waals surface area contributed by atoms with Gasteiger partial charge in [-0.1, -0.05) is 0 Å². The van der Waals surface area contributed by atoms with Crippen molar-refractivity contribution >= 4 is 12.1 Å². The minimum absolute atomic E-state index is 0.0629. The van der Waals surface area contributed by atoms with Crippen LogP contribution in [-0.2, 0) is 4.79 Å². The number of hydrogen-bond donors (Lipinski definition) is 0. The third-order valence-electron chi connectivity index (χ3n) is 2.31. The lowest BCUT2D eigenvalue weighted by Gasteiger charge is -2.09. The summed E-state index contributed by atoms with van der Waals surface area (Å²) in [5, 5.41) is 0. The van der Waals surface area contributed by atoms with Crippen LogP contribution in [0.3, 0.4) is 0 Å². The predicted molar refractivity (Wildman–Crippen MR) is 57.5 cm³/mol. The molecule has 0 radical (unpaired) electrons. The highest BCUT2D eigenvalue weighted by molar-refractivity contribution is 6.03. The first kappa shape index (κ1) is 11.4. The van der Waals surface area contributed by atoms with Gasteiger partial charge in [-0.2, -0.15) is 0 Å². The molecule has 0 N–H and O–H groups in total. The second kappa shape index (κ2) is 4.73. The van der Waals surface area contributed by atoms with Crippen LogP contribution < -0.4 is 4.74 Å². The van der Waals surface area contributed by atoms with E-state index in [4.69, 9.17) is 4.74 Å². The van der Waals surface area contributed by atoms with Crippen molar-refractivity contribution in [2.24, 2.45) is 0 Å². The molecular formula is C12H14O3. The Morgan fingerprint density at radius 3 is 2.53 bits per heavy atom. The van der Waals surface area contributed by atoms with Gasteiger partial charge < -0.3 is 9.53 Å². The van der Waals surface area contributed by atoms with Crippen molar-refractivity contribution in [3.05, 3.63) is 28.8 Å². The molecule has 0 saturated carbocycles. The zero-order chi connectivity index (χ0) is 11.4. The van der Waals surface area contributed by atoms with Crippen molar-refractivity contribution in [2.45, 2.75) is 20.3 Å². The molecule has 3 heteroatoms. The van der Waals surface area contributed by atoms with Crippen molar-refractivity contribution in [2.75, 3.05) is 7.11 Å². The zero-order valence-corrected chi connectivity index (χ0v) is 9.16. The van der Waals surface area contributed by atoms with Crippen LogP contribution in [0.5, 0.6) is 5.75 Å². The van der Waals surface area contributed by atoms with E-state index in [9.17, 15) is 9.59 Å². The maximum atomic E-state index is 11.5. The summed E-state index contributed by atoms with van der Waals surface area (Å²) in [7, 11) is 1.59. The number of ketones is 1. The smallest absolute Gasteiger partial charge is 0.170 e. The van der Waals surface area contributed by atoms with E-state index < -0.39 is 0 Å². The molecule has 0 spiro atoms. The molecule has 15 heavy (non-hydrogen) atoms. The van der Waals surface area contributed by atoms with E-state index in [1.54, 1.807) is 13.2 Å². The number of aryl methyl sites for hydroxylation is 2. The number of carbonyl (C=O) groups excluding carboxylic acids is 2. The molecule has 0 unspecified atom stereocenters. The molecule has 0 aliphatic rings. The third kappa shape index (κ3) is 2.43. The summed E-state index contributed by atoms with van der Waals surface area (Å²) in [6.07, 6.45) is 0.563.